The van der Waals surface area contributed by atoms with Crippen LogP contribution >= 0.6 is 11.8 Å². The van der Waals surface area contributed by atoms with Gasteiger partial charge in [-0.05, 0) is 89.1 Å². The van der Waals surface area contributed by atoms with E-state index in [0.717, 1.165) is 27.6 Å². The third kappa shape index (κ3) is 6.41. The number of carbonyl (C=O) groups excluding carboxylic acids is 2. The van der Waals surface area contributed by atoms with Gasteiger partial charge in [0, 0.05) is 0 Å². The van der Waals surface area contributed by atoms with Gasteiger partial charge in [-0.2, -0.15) is 0 Å². The van der Waals surface area contributed by atoms with Crippen molar-refractivity contribution in [3.63, 3.8) is 0 Å². The van der Waals surface area contributed by atoms with E-state index in [1.165, 1.54) is 23.9 Å². The number of rotatable bonds is 7. The molecule has 0 radical (unpaired) electrons. The van der Waals surface area contributed by atoms with Gasteiger partial charge >= 0.3 is 0 Å². The molecule has 4 aromatic carbocycles. The lowest BCUT2D eigenvalue weighted by molar-refractivity contribution is -0.118. The fourth-order valence-corrected chi connectivity index (χ4v) is 5.87. The Morgan fingerprint density at radius 3 is 2.40 bits per heavy atom. The van der Waals surface area contributed by atoms with Gasteiger partial charge in [-0.25, -0.2) is 18.1 Å². The van der Waals surface area contributed by atoms with Crippen LogP contribution in [0.15, 0.2) is 99.7 Å². The number of aryl methyl sites for hydroxylation is 1. The van der Waals surface area contributed by atoms with Crippen molar-refractivity contribution in [1.29, 1.82) is 0 Å². The fraction of sp³-hybridized carbons (Fsp3) is 0.100. The zero-order valence-corrected chi connectivity index (χ0v) is 23.3. The summed E-state index contributed by atoms with van der Waals surface area (Å²) < 4.78 is 32.3. The van der Waals surface area contributed by atoms with Crippen molar-refractivity contribution in [2.24, 2.45) is 4.99 Å². The Bertz CT molecular complexity index is 1780. The minimum absolute atomic E-state index is 0.0310. The van der Waals surface area contributed by atoms with E-state index in [0.29, 0.717) is 21.3 Å². The van der Waals surface area contributed by atoms with Gasteiger partial charge in [-0.3, -0.25) is 9.59 Å². The van der Waals surface area contributed by atoms with E-state index >= 15 is 0 Å². The van der Waals surface area contributed by atoms with E-state index in [-0.39, 0.29) is 17.2 Å². The SMILES string of the molecule is COc1ccc2cc(/C=C3\SC(=Nc4ccc(CC(=O)NS(=O)(=O)c5ccc(C)cc5)cc4)NC3=O)ccc2c1. The lowest BCUT2D eigenvalue weighted by Crippen LogP contribution is -2.31. The zero-order chi connectivity index (χ0) is 28.3. The van der Waals surface area contributed by atoms with Crippen molar-refractivity contribution in [1.82, 2.24) is 10.0 Å². The molecule has 0 bridgehead atoms. The van der Waals surface area contributed by atoms with Crippen molar-refractivity contribution in [3.05, 3.63) is 107 Å². The minimum Gasteiger partial charge on any atom is -0.497 e. The second kappa shape index (κ2) is 11.4. The molecule has 0 atom stereocenters. The van der Waals surface area contributed by atoms with Crippen LogP contribution in [0.3, 0.4) is 0 Å². The summed E-state index contributed by atoms with van der Waals surface area (Å²) in [4.78, 5) is 30.0. The molecule has 2 N–H and O–H groups in total. The van der Waals surface area contributed by atoms with E-state index in [9.17, 15) is 18.0 Å². The van der Waals surface area contributed by atoms with Crippen LogP contribution in [-0.4, -0.2) is 32.5 Å². The predicted molar refractivity (Wildman–Crippen MR) is 158 cm³/mol. The third-order valence-corrected chi connectivity index (χ3v) is 8.43. The summed E-state index contributed by atoms with van der Waals surface area (Å²) in [6.45, 7) is 1.85. The molecule has 1 heterocycles. The van der Waals surface area contributed by atoms with Crippen LogP contribution in [-0.2, 0) is 26.0 Å². The molecular formula is C30H25N3O5S2. The second-order valence-electron chi connectivity index (χ2n) is 9.14. The van der Waals surface area contributed by atoms with Crippen LogP contribution < -0.4 is 14.8 Å². The van der Waals surface area contributed by atoms with Gasteiger partial charge in [0.2, 0.25) is 5.91 Å². The first kappa shape index (κ1) is 27.2. The molecule has 4 aromatic rings. The molecule has 40 heavy (non-hydrogen) atoms. The Hall–Kier alpha value is -4.41. The number of ether oxygens (including phenoxy) is 1. The van der Waals surface area contributed by atoms with Gasteiger partial charge in [0.25, 0.3) is 15.9 Å². The van der Waals surface area contributed by atoms with Crippen molar-refractivity contribution in [2.75, 3.05) is 7.11 Å². The lowest BCUT2D eigenvalue weighted by atomic mass is 10.1. The normalized spacial score (nSPS) is 15.4. The fourth-order valence-electron chi connectivity index (χ4n) is 4.04. The van der Waals surface area contributed by atoms with Crippen LogP contribution in [0.2, 0.25) is 0 Å². The highest BCUT2D eigenvalue weighted by molar-refractivity contribution is 8.18. The van der Waals surface area contributed by atoms with Gasteiger partial charge in [0.15, 0.2) is 5.17 Å². The number of fused-ring (bicyclic) bond motifs is 1. The van der Waals surface area contributed by atoms with Crippen LogP contribution in [0, 0.1) is 6.92 Å². The highest BCUT2D eigenvalue weighted by atomic mass is 32.2. The Kier molecular flexibility index (Phi) is 7.72. The number of amidine groups is 1. The van der Waals surface area contributed by atoms with Gasteiger partial charge < -0.3 is 10.1 Å². The van der Waals surface area contributed by atoms with Crippen molar-refractivity contribution < 1.29 is 22.7 Å². The summed E-state index contributed by atoms with van der Waals surface area (Å²) in [6, 6.07) is 24.8. The smallest absolute Gasteiger partial charge is 0.264 e. The largest absolute Gasteiger partial charge is 0.497 e. The van der Waals surface area contributed by atoms with E-state index in [1.54, 1.807) is 43.5 Å². The number of aliphatic imine (C=N–C) groups is 1. The summed E-state index contributed by atoms with van der Waals surface area (Å²) in [5.41, 5.74) is 3.02. The summed E-state index contributed by atoms with van der Waals surface area (Å²) in [7, 11) is -2.31. The van der Waals surface area contributed by atoms with Crippen LogP contribution in [0.4, 0.5) is 5.69 Å². The Morgan fingerprint density at radius 2 is 1.68 bits per heavy atom. The first-order valence-corrected chi connectivity index (χ1v) is 14.6. The number of carbonyl (C=O) groups is 2. The highest BCUT2D eigenvalue weighted by Crippen LogP contribution is 2.29. The van der Waals surface area contributed by atoms with Crippen molar-refractivity contribution in [2.45, 2.75) is 18.2 Å². The number of thioether (sulfide) groups is 1. The van der Waals surface area contributed by atoms with Crippen LogP contribution in [0.1, 0.15) is 16.7 Å². The molecule has 0 aromatic heterocycles. The molecule has 0 unspecified atom stereocenters. The maximum absolute atomic E-state index is 12.5. The Morgan fingerprint density at radius 1 is 0.975 bits per heavy atom. The number of nitrogens with zero attached hydrogens (tertiary/aromatic N) is 1. The first-order valence-electron chi connectivity index (χ1n) is 12.3. The molecule has 0 aliphatic carbocycles. The minimum atomic E-state index is -3.94. The van der Waals surface area contributed by atoms with Crippen LogP contribution in [0.5, 0.6) is 5.75 Å². The molecule has 10 heteroatoms. The van der Waals surface area contributed by atoms with Gasteiger partial charge in [0.05, 0.1) is 29.0 Å². The van der Waals surface area contributed by atoms with Gasteiger partial charge in [-0.1, -0.05) is 48.0 Å². The molecule has 8 nitrogen and oxygen atoms in total. The quantitative estimate of drug-likeness (QED) is 0.299. The number of methoxy groups -OCH3 is 1. The van der Waals surface area contributed by atoms with E-state index < -0.39 is 15.9 Å². The zero-order valence-electron chi connectivity index (χ0n) is 21.7. The number of sulfonamides is 1. The number of amides is 2. The second-order valence-corrected chi connectivity index (χ2v) is 11.9. The number of hydrogen-bond donors (Lipinski definition) is 2. The molecule has 2 amide bonds. The molecule has 1 aliphatic rings. The molecule has 202 valence electrons. The molecule has 5 rings (SSSR count). The van der Waals surface area contributed by atoms with Crippen molar-refractivity contribution in [3.8, 4) is 5.75 Å². The molecule has 1 aliphatic heterocycles. The molecule has 0 spiro atoms. The van der Waals surface area contributed by atoms with E-state index in [1.807, 2.05) is 49.4 Å². The summed E-state index contributed by atoms with van der Waals surface area (Å²) in [6.07, 6.45) is 1.71. The number of hydrogen-bond acceptors (Lipinski definition) is 7. The predicted octanol–water partition coefficient (Wildman–Crippen LogP) is 5.10. The molecule has 1 saturated heterocycles. The summed E-state index contributed by atoms with van der Waals surface area (Å²) >= 11 is 1.24. The van der Waals surface area contributed by atoms with Gasteiger partial charge in [0.1, 0.15) is 5.75 Å². The maximum Gasteiger partial charge on any atom is 0.264 e. The average Bonchev–Trinajstić information content (AvgIpc) is 3.27. The molecular weight excluding hydrogens is 546 g/mol. The Balaban J connectivity index is 1.22. The molecule has 0 saturated carbocycles. The molecule has 1 fully saturated rings. The van der Waals surface area contributed by atoms with Crippen LogP contribution in [0.25, 0.3) is 16.8 Å². The maximum atomic E-state index is 12.5. The standard InChI is InChI=1S/C30H25N3O5S2/c1-19-3-13-26(14-4-19)40(36,37)33-28(34)17-20-6-10-24(11-7-20)31-30-32-29(35)27(39-30)16-21-5-8-23-18-25(38-2)12-9-22(23)15-21/h3-16,18H,17H2,1-2H3,(H,33,34)(H,31,32,35)/b27-16-. The highest BCUT2D eigenvalue weighted by Gasteiger charge is 2.24. The average molecular weight is 572 g/mol. The topological polar surface area (TPSA) is 114 Å². The number of nitrogens with one attached hydrogen (secondary N) is 2. The number of benzene rings is 4. The van der Waals surface area contributed by atoms with E-state index in [4.69, 9.17) is 4.74 Å². The first-order chi connectivity index (χ1) is 19.2. The Labute approximate surface area is 236 Å². The monoisotopic (exact) mass is 571 g/mol. The van der Waals surface area contributed by atoms with Gasteiger partial charge in [-0.15, -0.1) is 0 Å². The van der Waals surface area contributed by atoms with E-state index in [2.05, 4.69) is 15.0 Å². The summed E-state index contributed by atoms with van der Waals surface area (Å²) in [5, 5.41) is 5.29. The third-order valence-electron chi connectivity index (χ3n) is 6.13. The van der Waals surface area contributed by atoms with Crippen molar-refractivity contribution >= 4 is 61.3 Å². The lowest BCUT2D eigenvalue weighted by Gasteiger charge is -2.07. The summed E-state index contributed by atoms with van der Waals surface area (Å²) in [5.74, 6) is -0.0879.